The lowest BCUT2D eigenvalue weighted by Crippen LogP contribution is -2.31. The number of aryl methyl sites for hydroxylation is 2. The van der Waals surface area contributed by atoms with Crippen molar-refractivity contribution in [3.05, 3.63) is 34.2 Å². The van der Waals surface area contributed by atoms with Gasteiger partial charge in [0.2, 0.25) is 0 Å². The predicted octanol–water partition coefficient (Wildman–Crippen LogP) is 1.55. The number of nitrogens with zero attached hydrogens (tertiary/aromatic N) is 1. The molecule has 0 amide bonds. The van der Waals surface area contributed by atoms with Crippen molar-refractivity contribution in [3.8, 4) is 0 Å². The molecule has 0 aromatic carbocycles. The molecule has 1 saturated heterocycles. The fourth-order valence-electron chi connectivity index (χ4n) is 2.28. The van der Waals surface area contributed by atoms with E-state index < -0.39 is 0 Å². The highest BCUT2D eigenvalue weighted by Crippen LogP contribution is 2.14. The van der Waals surface area contributed by atoms with Crippen molar-refractivity contribution < 1.29 is 0 Å². The average Bonchev–Trinajstić information content (AvgIpc) is 2.29. The van der Waals surface area contributed by atoms with Crippen molar-refractivity contribution >= 4 is 0 Å². The lowest BCUT2D eigenvalue weighted by molar-refractivity contribution is 0.340. The van der Waals surface area contributed by atoms with Crippen molar-refractivity contribution in [2.45, 2.75) is 32.7 Å². The molecule has 3 nitrogen and oxygen atoms in total. The lowest BCUT2D eigenvalue weighted by Gasteiger charge is -2.22. The van der Waals surface area contributed by atoms with Gasteiger partial charge >= 0.3 is 0 Å². The zero-order chi connectivity index (χ0) is 11.4. The Bertz CT molecular complexity index is 391. The molecule has 1 atom stereocenters. The minimum absolute atomic E-state index is 0.128. The molecule has 1 fully saturated rings. The van der Waals surface area contributed by atoms with Crippen LogP contribution in [0.3, 0.4) is 0 Å². The SMILES string of the molecule is Cc1ccn(CCC2CCCNC2)c(=O)c1. The number of nitrogens with one attached hydrogen (secondary N) is 1. The molecule has 1 aromatic heterocycles. The number of pyridine rings is 1. The molecular weight excluding hydrogens is 200 g/mol. The lowest BCUT2D eigenvalue weighted by atomic mass is 9.96. The van der Waals surface area contributed by atoms with Gasteiger partial charge in [0.25, 0.3) is 5.56 Å². The summed E-state index contributed by atoms with van der Waals surface area (Å²) in [7, 11) is 0. The quantitative estimate of drug-likeness (QED) is 0.838. The average molecular weight is 220 g/mol. The molecule has 1 N–H and O–H groups in total. The van der Waals surface area contributed by atoms with E-state index in [4.69, 9.17) is 0 Å². The maximum absolute atomic E-state index is 11.7. The number of aromatic nitrogens is 1. The number of hydrogen-bond donors (Lipinski definition) is 1. The molecule has 1 aromatic rings. The molecule has 0 aliphatic carbocycles. The Balaban J connectivity index is 1.91. The first kappa shape index (κ1) is 11.4. The van der Waals surface area contributed by atoms with Gasteiger partial charge in [-0.05, 0) is 56.8 Å². The minimum Gasteiger partial charge on any atom is -0.316 e. The van der Waals surface area contributed by atoms with Crippen LogP contribution in [0.4, 0.5) is 0 Å². The second kappa shape index (κ2) is 5.30. The van der Waals surface area contributed by atoms with Crippen LogP contribution in [0.1, 0.15) is 24.8 Å². The summed E-state index contributed by atoms with van der Waals surface area (Å²) in [5.41, 5.74) is 1.17. The van der Waals surface area contributed by atoms with Crippen molar-refractivity contribution in [1.29, 1.82) is 0 Å². The number of hydrogen-bond acceptors (Lipinski definition) is 2. The van der Waals surface area contributed by atoms with Crippen molar-refractivity contribution in [2.75, 3.05) is 13.1 Å². The molecule has 0 radical (unpaired) electrons. The second-order valence-electron chi connectivity index (χ2n) is 4.74. The summed E-state index contributed by atoms with van der Waals surface area (Å²) in [4.78, 5) is 11.7. The van der Waals surface area contributed by atoms with Crippen LogP contribution < -0.4 is 10.9 Å². The number of piperidine rings is 1. The molecule has 0 spiro atoms. The topological polar surface area (TPSA) is 34.0 Å². The molecule has 1 aliphatic heterocycles. The van der Waals surface area contributed by atoms with Gasteiger partial charge < -0.3 is 9.88 Å². The van der Waals surface area contributed by atoms with E-state index in [1.165, 1.54) is 12.8 Å². The summed E-state index contributed by atoms with van der Waals surface area (Å²) < 4.78 is 1.82. The highest BCUT2D eigenvalue weighted by Gasteiger charge is 2.12. The van der Waals surface area contributed by atoms with Gasteiger partial charge in [-0.25, -0.2) is 0 Å². The van der Waals surface area contributed by atoms with E-state index in [9.17, 15) is 4.79 Å². The predicted molar refractivity (Wildman–Crippen MR) is 65.6 cm³/mol. The Morgan fingerprint density at radius 3 is 3.12 bits per heavy atom. The van der Waals surface area contributed by atoms with Crippen LogP contribution in [-0.4, -0.2) is 17.7 Å². The maximum atomic E-state index is 11.7. The van der Waals surface area contributed by atoms with Gasteiger partial charge in [0, 0.05) is 18.8 Å². The van der Waals surface area contributed by atoms with Crippen molar-refractivity contribution in [1.82, 2.24) is 9.88 Å². The molecule has 1 aliphatic rings. The summed E-state index contributed by atoms with van der Waals surface area (Å²) in [5.74, 6) is 0.738. The molecule has 0 saturated carbocycles. The number of rotatable bonds is 3. The third-order valence-electron chi connectivity index (χ3n) is 3.33. The van der Waals surface area contributed by atoms with Crippen molar-refractivity contribution in [3.63, 3.8) is 0 Å². The Hall–Kier alpha value is -1.09. The van der Waals surface area contributed by atoms with Gasteiger partial charge in [-0.2, -0.15) is 0 Å². The van der Waals surface area contributed by atoms with Crippen LogP contribution in [0.5, 0.6) is 0 Å². The minimum atomic E-state index is 0.128. The summed E-state index contributed by atoms with van der Waals surface area (Å²) in [5, 5.41) is 3.41. The Morgan fingerprint density at radius 1 is 1.56 bits per heavy atom. The fourth-order valence-corrected chi connectivity index (χ4v) is 2.28. The first-order valence-corrected chi connectivity index (χ1v) is 6.13. The zero-order valence-corrected chi connectivity index (χ0v) is 9.91. The highest BCUT2D eigenvalue weighted by atomic mass is 16.1. The Morgan fingerprint density at radius 2 is 2.44 bits per heavy atom. The third kappa shape index (κ3) is 2.95. The highest BCUT2D eigenvalue weighted by molar-refractivity contribution is 5.07. The standard InChI is InChI=1S/C13H20N2O/c1-11-4-7-15(13(16)9-11)8-5-12-3-2-6-14-10-12/h4,7,9,12,14H,2-3,5-6,8,10H2,1H3. The van der Waals surface area contributed by atoms with E-state index >= 15 is 0 Å². The summed E-state index contributed by atoms with van der Waals surface area (Å²) in [6, 6.07) is 3.71. The molecule has 2 rings (SSSR count). The van der Waals surface area contributed by atoms with Gasteiger partial charge in [0.1, 0.15) is 0 Å². The monoisotopic (exact) mass is 220 g/mol. The normalized spacial score (nSPS) is 20.9. The first-order chi connectivity index (χ1) is 7.75. The molecule has 2 heterocycles. The molecule has 88 valence electrons. The van der Waals surface area contributed by atoms with E-state index in [2.05, 4.69) is 5.32 Å². The molecule has 3 heteroatoms. The van der Waals surface area contributed by atoms with E-state index in [1.54, 1.807) is 6.07 Å². The third-order valence-corrected chi connectivity index (χ3v) is 3.33. The van der Waals surface area contributed by atoms with E-state index in [-0.39, 0.29) is 5.56 Å². The fraction of sp³-hybridized carbons (Fsp3) is 0.615. The van der Waals surface area contributed by atoms with Crippen LogP contribution in [0.25, 0.3) is 0 Å². The van der Waals surface area contributed by atoms with E-state index in [0.717, 1.165) is 37.5 Å². The Labute approximate surface area is 96.5 Å². The van der Waals surface area contributed by atoms with Gasteiger partial charge in [0.15, 0.2) is 0 Å². The van der Waals surface area contributed by atoms with Gasteiger partial charge in [-0.15, -0.1) is 0 Å². The largest absolute Gasteiger partial charge is 0.316 e. The summed E-state index contributed by atoms with van der Waals surface area (Å²) >= 11 is 0. The molecular formula is C13H20N2O. The molecule has 0 bridgehead atoms. The van der Waals surface area contributed by atoms with Gasteiger partial charge in [-0.1, -0.05) is 0 Å². The van der Waals surface area contributed by atoms with Crippen molar-refractivity contribution in [2.24, 2.45) is 5.92 Å². The van der Waals surface area contributed by atoms with Gasteiger partial charge in [-0.3, -0.25) is 4.79 Å². The second-order valence-corrected chi connectivity index (χ2v) is 4.74. The summed E-state index contributed by atoms with van der Waals surface area (Å²) in [6.07, 6.45) is 5.59. The van der Waals surface area contributed by atoms with Crippen LogP contribution in [0.2, 0.25) is 0 Å². The van der Waals surface area contributed by atoms with Crippen LogP contribution in [0, 0.1) is 12.8 Å². The Kier molecular flexibility index (Phi) is 3.78. The zero-order valence-electron chi connectivity index (χ0n) is 9.91. The first-order valence-electron chi connectivity index (χ1n) is 6.13. The van der Waals surface area contributed by atoms with E-state index in [1.807, 2.05) is 23.8 Å². The molecule has 1 unspecified atom stereocenters. The van der Waals surface area contributed by atoms with Gasteiger partial charge in [0.05, 0.1) is 0 Å². The van der Waals surface area contributed by atoms with Crippen LogP contribution >= 0.6 is 0 Å². The molecule has 16 heavy (non-hydrogen) atoms. The summed E-state index contributed by atoms with van der Waals surface area (Å²) in [6.45, 7) is 5.07. The maximum Gasteiger partial charge on any atom is 0.250 e. The smallest absolute Gasteiger partial charge is 0.250 e. The van der Waals surface area contributed by atoms with Crippen LogP contribution in [-0.2, 0) is 6.54 Å². The van der Waals surface area contributed by atoms with E-state index in [0.29, 0.717) is 0 Å². The van der Waals surface area contributed by atoms with Crippen LogP contribution in [0.15, 0.2) is 23.1 Å².